The third-order valence-electron chi connectivity index (χ3n) is 16.1. The van der Waals surface area contributed by atoms with Gasteiger partial charge in [0, 0.05) is 51.2 Å². The Labute approximate surface area is 532 Å². The normalized spacial score (nSPS) is 17.2. The van der Waals surface area contributed by atoms with Gasteiger partial charge in [-0.15, -0.1) is 0 Å². The number of nitrogens with zero attached hydrogens (tertiary/aromatic N) is 9. The summed E-state index contributed by atoms with van der Waals surface area (Å²) in [5.41, 5.74) is 3.85. The van der Waals surface area contributed by atoms with E-state index in [0.717, 1.165) is 34.1 Å². The molecule has 0 radical (unpaired) electrons. The minimum atomic E-state index is -1.22. The monoisotopic (exact) mass is 1200 g/mol. The summed E-state index contributed by atoms with van der Waals surface area (Å²) >= 11 is 0. The molecule has 0 heterocycles. The summed E-state index contributed by atoms with van der Waals surface area (Å²) in [4.78, 5) is 49.8. The van der Waals surface area contributed by atoms with Crippen molar-refractivity contribution in [1.29, 1.82) is 31.6 Å². The number of ether oxygens (including phenoxy) is 3. The van der Waals surface area contributed by atoms with Crippen molar-refractivity contribution in [2.45, 2.75) is 80.1 Å². The minimum absolute atomic E-state index is 0.111. The van der Waals surface area contributed by atoms with Crippen LogP contribution in [0.1, 0.15) is 80.1 Å². The molecule has 0 aliphatic heterocycles. The fourth-order valence-electron chi connectivity index (χ4n) is 12.1. The van der Waals surface area contributed by atoms with Gasteiger partial charge in [0.1, 0.15) is 73.0 Å². The van der Waals surface area contributed by atoms with Crippen LogP contribution in [0.5, 0.6) is 0 Å². The summed E-state index contributed by atoms with van der Waals surface area (Å²) in [7, 11) is 0. The Morgan fingerprint density at radius 1 is 0.352 bits per heavy atom. The van der Waals surface area contributed by atoms with Crippen LogP contribution in [0.25, 0.3) is 0 Å². The van der Waals surface area contributed by atoms with Gasteiger partial charge in [0.2, 0.25) is 0 Å². The van der Waals surface area contributed by atoms with Gasteiger partial charge in [0.05, 0.1) is 22.6 Å². The Morgan fingerprint density at radius 3 is 0.725 bits per heavy atom. The molecule has 15 nitrogen and oxygen atoms in total. The van der Waals surface area contributed by atoms with Crippen LogP contribution in [0, 0.1) is 90.1 Å². The molecule has 0 saturated carbocycles. The number of esters is 3. The highest BCUT2D eigenvalue weighted by Crippen LogP contribution is 2.50. The summed E-state index contributed by atoms with van der Waals surface area (Å²) in [6, 6.07) is 69.7. The first-order valence-corrected chi connectivity index (χ1v) is 29.9. The van der Waals surface area contributed by atoms with Gasteiger partial charge < -0.3 is 28.9 Å². The molecule has 0 fully saturated rings. The number of allylic oxidation sites excluding steroid dienone is 9. The summed E-state index contributed by atoms with van der Waals surface area (Å²) in [6.45, 7) is 9.91. The van der Waals surface area contributed by atoms with Crippen molar-refractivity contribution in [3.63, 3.8) is 0 Å². The van der Waals surface area contributed by atoms with Gasteiger partial charge in [-0.3, -0.25) is 0 Å². The van der Waals surface area contributed by atoms with E-state index in [0.29, 0.717) is 36.4 Å². The third-order valence-corrected chi connectivity index (χ3v) is 16.1. The average molecular weight is 1200 g/mol. The Balaban J connectivity index is 1.10. The maximum absolute atomic E-state index is 14.7. The number of nitriles is 6. The summed E-state index contributed by atoms with van der Waals surface area (Å²) < 4.78 is 17.9. The molecule has 0 bridgehead atoms. The summed E-state index contributed by atoms with van der Waals surface area (Å²) in [6.07, 6.45) is 1.60. The molecule has 0 amide bonds. The zero-order valence-corrected chi connectivity index (χ0v) is 51.7. The van der Waals surface area contributed by atoms with Gasteiger partial charge >= 0.3 is 17.9 Å². The number of rotatable bonds is 18. The number of hydrogen-bond donors (Lipinski definition) is 0. The van der Waals surface area contributed by atoms with Crippen LogP contribution in [0.3, 0.4) is 0 Å². The number of carbonyl (C=O) groups excluding carboxylic acids is 3. The predicted molar refractivity (Wildman–Crippen MR) is 346 cm³/mol. The first-order chi connectivity index (χ1) is 43.8. The number of hydrogen-bond acceptors (Lipinski definition) is 15. The topological polar surface area (TPSA) is 231 Å². The Hall–Kier alpha value is -11.5. The molecule has 3 aliphatic carbocycles. The zero-order valence-electron chi connectivity index (χ0n) is 51.7. The maximum atomic E-state index is 14.7. The SMILES string of the molecule is CC1(C)CC(N(c2ccccc2)c2ccccc2)=C(C#N)/C(=C(\C#N)C(=O)OCC(COC(=O)/C(C#N)=C2\CC(C)(C)CC(N(c3ccccc3)c3ccccc3)=C2C#N)COC(=O)/C(C#N)=C2\CC(C)(C)CC(N(c3ccccc3)c3ccccc3)=C2C#N)C1. The van der Waals surface area contributed by atoms with E-state index in [9.17, 15) is 46.0 Å². The van der Waals surface area contributed by atoms with E-state index in [2.05, 4.69) is 18.2 Å². The van der Waals surface area contributed by atoms with E-state index in [4.69, 9.17) is 14.2 Å². The van der Waals surface area contributed by atoms with E-state index in [1.165, 1.54) is 0 Å². The van der Waals surface area contributed by atoms with Crippen molar-refractivity contribution >= 4 is 52.0 Å². The van der Waals surface area contributed by atoms with E-state index < -0.39 is 76.6 Å². The Bertz CT molecular complexity index is 3670. The number of para-hydroxylation sites is 6. The van der Waals surface area contributed by atoms with Crippen LogP contribution in [-0.2, 0) is 28.6 Å². The second kappa shape index (κ2) is 28.1. The molecule has 0 atom stereocenters. The fraction of sp³-hybridized carbons (Fsp3) is 0.250. The fourth-order valence-corrected chi connectivity index (χ4v) is 12.1. The van der Waals surface area contributed by atoms with E-state index in [1.54, 1.807) is 0 Å². The molecule has 15 heteroatoms. The van der Waals surface area contributed by atoms with Crippen molar-refractivity contribution < 1.29 is 28.6 Å². The molecule has 0 aromatic heterocycles. The highest BCUT2D eigenvalue weighted by molar-refractivity contribution is 5.97. The first kappa shape index (κ1) is 64.0. The van der Waals surface area contributed by atoms with Crippen molar-refractivity contribution in [1.82, 2.24) is 0 Å². The smallest absolute Gasteiger partial charge is 0.349 e. The van der Waals surface area contributed by atoms with E-state index in [1.807, 2.05) is 256 Å². The Morgan fingerprint density at radius 2 is 0.549 bits per heavy atom. The second-order valence-corrected chi connectivity index (χ2v) is 24.9. The van der Waals surface area contributed by atoms with Crippen LogP contribution < -0.4 is 14.7 Å². The lowest BCUT2D eigenvalue weighted by atomic mass is 9.72. The van der Waals surface area contributed by atoms with Gasteiger partial charge in [-0.1, -0.05) is 151 Å². The van der Waals surface area contributed by atoms with Gasteiger partial charge in [-0.2, -0.15) is 31.6 Å². The molecular formula is C76H67N9O6. The molecule has 3 aliphatic rings. The largest absolute Gasteiger partial charge is 0.461 e. The van der Waals surface area contributed by atoms with Crippen LogP contribution in [0.2, 0.25) is 0 Å². The lowest BCUT2D eigenvalue weighted by Gasteiger charge is -2.39. The highest BCUT2D eigenvalue weighted by atomic mass is 16.6. The van der Waals surface area contributed by atoms with Gasteiger partial charge in [0.15, 0.2) is 0 Å². The van der Waals surface area contributed by atoms with E-state index >= 15 is 0 Å². The lowest BCUT2D eigenvalue weighted by molar-refractivity contribution is -0.148. The number of benzene rings is 6. The van der Waals surface area contributed by atoms with Crippen molar-refractivity contribution in [3.8, 4) is 36.4 Å². The maximum Gasteiger partial charge on any atom is 0.349 e. The van der Waals surface area contributed by atoms with E-state index in [-0.39, 0.29) is 52.7 Å². The molecule has 0 saturated heterocycles. The summed E-state index contributed by atoms with van der Waals surface area (Å²) in [5, 5.41) is 65.9. The van der Waals surface area contributed by atoms with Crippen LogP contribution >= 0.6 is 0 Å². The molecule has 0 unspecified atom stereocenters. The summed E-state index contributed by atoms with van der Waals surface area (Å²) in [5.74, 6) is -4.56. The Kier molecular flexibility index (Phi) is 19.8. The van der Waals surface area contributed by atoms with Crippen molar-refractivity contribution in [2.75, 3.05) is 34.5 Å². The lowest BCUT2D eigenvalue weighted by Crippen LogP contribution is -2.31. The number of carbonyl (C=O) groups is 3. The number of anilines is 6. The molecule has 9 rings (SSSR count). The van der Waals surface area contributed by atoms with Crippen molar-refractivity contribution in [3.05, 3.63) is 249 Å². The molecule has 6 aromatic carbocycles. The van der Waals surface area contributed by atoms with Crippen LogP contribution in [0.4, 0.5) is 34.1 Å². The van der Waals surface area contributed by atoms with Crippen LogP contribution in [0.15, 0.2) is 249 Å². The van der Waals surface area contributed by atoms with Crippen molar-refractivity contribution in [2.24, 2.45) is 22.2 Å². The second-order valence-electron chi connectivity index (χ2n) is 24.9. The molecule has 452 valence electrons. The molecular weight excluding hydrogens is 1130 g/mol. The van der Waals surface area contributed by atoms with Gasteiger partial charge in [-0.05, 0) is 144 Å². The molecule has 91 heavy (non-hydrogen) atoms. The van der Waals surface area contributed by atoms with Gasteiger partial charge in [0.25, 0.3) is 0 Å². The van der Waals surface area contributed by atoms with Crippen LogP contribution in [-0.4, -0.2) is 37.7 Å². The standard InChI is InChI=1S/C76H67N9O6/c1-74(2)37-59(62(43-77)68(40-74)83(53-25-13-7-14-26-53)54-27-15-8-16-28-54)65(46-80)71(86)89-49-52(50-90-72(87)66(47-81)60-38-75(3,4)41-69(63(60)44-78)84(55-29-17-9-18-30-55)56-31-19-10-20-32-56)51-91-73(88)67(48-82)61-39-76(5,6)42-70(64(61)45-79)85(57-33-21-11-22-34-57)58-35-23-12-24-36-58/h7-36,52H,37-42,49-51H2,1-6H3/b65-59+,66-60+,67-61+. The molecule has 0 spiro atoms. The molecule has 6 aromatic rings. The average Bonchev–Trinajstić information content (AvgIpc) is 0.790. The quantitative estimate of drug-likeness (QED) is 0.0337. The highest BCUT2D eigenvalue weighted by Gasteiger charge is 2.41. The zero-order chi connectivity index (χ0) is 64.9. The van der Waals surface area contributed by atoms with Gasteiger partial charge in [-0.25, -0.2) is 14.4 Å². The minimum Gasteiger partial charge on any atom is -0.461 e. The third kappa shape index (κ3) is 14.6. The first-order valence-electron chi connectivity index (χ1n) is 29.9. The predicted octanol–water partition coefficient (Wildman–Crippen LogP) is 16.0. The molecule has 0 N–H and O–H groups in total.